The van der Waals surface area contributed by atoms with Gasteiger partial charge in [-0.2, -0.15) is 0 Å². The Kier molecular flexibility index (Phi) is 3.93. The second-order valence-corrected chi connectivity index (χ2v) is 0.856. The van der Waals surface area contributed by atoms with E-state index >= 15 is 0 Å². The minimum atomic E-state index is 0.969. The van der Waals surface area contributed by atoms with E-state index in [0.717, 1.165) is 13.1 Å². The summed E-state index contributed by atoms with van der Waals surface area (Å²) in [6.07, 6.45) is 0. The van der Waals surface area contributed by atoms with E-state index in [4.69, 9.17) is 0 Å². The molecule has 0 aromatic heterocycles. The summed E-state index contributed by atoms with van der Waals surface area (Å²) >= 11 is 0. The van der Waals surface area contributed by atoms with Gasteiger partial charge in [-0.15, -0.1) is 0 Å². The average Bonchev–Trinajstić information content (AvgIpc) is 1.41. The molecule has 5 heavy (non-hydrogen) atoms. The Labute approximate surface area is 33.4 Å². The summed E-state index contributed by atoms with van der Waals surface area (Å²) in [6.45, 7) is 6.03. The molecule has 1 heteroatoms. The fourth-order valence-corrected chi connectivity index (χ4v) is 0.224. The van der Waals surface area contributed by atoms with E-state index in [9.17, 15) is 0 Å². The van der Waals surface area contributed by atoms with Crippen LogP contribution in [0.15, 0.2) is 0 Å². The lowest BCUT2D eigenvalue weighted by Gasteiger charge is -1.62. The van der Waals surface area contributed by atoms with Crippen LogP contribution < -0.4 is 5.32 Å². The third kappa shape index (κ3) is 3.96. The molecule has 30 valence electrons. The Hall–Kier alpha value is -0.0400. The third-order valence-electron chi connectivity index (χ3n) is 0.447. The number of rotatable bonds is 2. The van der Waals surface area contributed by atoms with Crippen LogP contribution >= 0.6 is 0 Å². The highest BCUT2D eigenvalue weighted by atomic mass is 14.8. The Balaban J connectivity index is 2.19. The molecule has 0 amide bonds. The third-order valence-corrected chi connectivity index (χ3v) is 0.447. The molecule has 0 unspecified atom stereocenters. The van der Waals surface area contributed by atoms with Crippen LogP contribution in [-0.4, -0.2) is 13.1 Å². The molecule has 0 rings (SSSR count). The Bertz CT molecular complexity index is 11.1. The summed E-state index contributed by atoms with van der Waals surface area (Å²) in [5.41, 5.74) is 0. The smallest absolute Gasteiger partial charge is 0.00439 e. The topological polar surface area (TPSA) is 14.1 Å². The van der Waals surface area contributed by atoms with Gasteiger partial charge < -0.3 is 0 Å². The maximum absolute atomic E-state index is 3.97. The van der Waals surface area contributed by atoms with Crippen molar-refractivity contribution in [3.8, 4) is 0 Å². The van der Waals surface area contributed by atoms with Gasteiger partial charge in [0.1, 0.15) is 0 Å². The first kappa shape index (κ1) is 4.96. The molecule has 0 aromatic carbocycles. The predicted molar refractivity (Wildman–Crippen MR) is 23.2 cm³/mol. The van der Waals surface area contributed by atoms with Gasteiger partial charge in [-0.25, -0.2) is 0 Å². The molecule has 1 nitrogen and oxygen atoms in total. The van der Waals surface area contributed by atoms with Crippen molar-refractivity contribution in [1.82, 2.24) is 5.32 Å². The molecular formula is C4H10N+. The van der Waals surface area contributed by atoms with Crippen LogP contribution in [0.4, 0.5) is 0 Å². The standard InChI is InChI=1S/C4H10N/c1-3-5-4-2/h3-4H2,1-2H3/q+1. The lowest BCUT2D eigenvalue weighted by molar-refractivity contribution is 0.745. The van der Waals surface area contributed by atoms with Crippen molar-refractivity contribution >= 4 is 0 Å². The van der Waals surface area contributed by atoms with Crippen LogP contribution in [0.25, 0.3) is 0 Å². The minimum absolute atomic E-state index is 0.969. The zero-order valence-electron chi connectivity index (χ0n) is 3.86. The van der Waals surface area contributed by atoms with Crippen LogP contribution in [0.1, 0.15) is 13.8 Å². The van der Waals surface area contributed by atoms with Gasteiger partial charge in [-0.3, -0.25) is 0 Å². The lowest BCUT2D eigenvalue weighted by atomic mass is 10.7. The summed E-state index contributed by atoms with van der Waals surface area (Å²) in [6, 6.07) is 0. The summed E-state index contributed by atoms with van der Waals surface area (Å²) < 4.78 is 0. The normalized spacial score (nSPS) is 8.40. The van der Waals surface area contributed by atoms with Gasteiger partial charge in [0.25, 0.3) is 0 Å². The van der Waals surface area contributed by atoms with Crippen LogP contribution in [0.2, 0.25) is 0 Å². The maximum Gasteiger partial charge on any atom is 0.181 e. The van der Waals surface area contributed by atoms with E-state index < -0.39 is 0 Å². The highest BCUT2D eigenvalue weighted by Gasteiger charge is 1.84. The molecule has 2 radical (unpaired) electrons. The summed E-state index contributed by atoms with van der Waals surface area (Å²) in [7, 11) is 0. The van der Waals surface area contributed by atoms with E-state index in [2.05, 4.69) is 5.32 Å². The number of hydrogen-bond donors (Lipinski definition) is 0. The van der Waals surface area contributed by atoms with Crippen molar-refractivity contribution in [3.63, 3.8) is 0 Å². The van der Waals surface area contributed by atoms with Crippen molar-refractivity contribution in [1.29, 1.82) is 0 Å². The minimum Gasteiger partial charge on any atom is -0.00439 e. The van der Waals surface area contributed by atoms with Crippen molar-refractivity contribution in [2.45, 2.75) is 13.8 Å². The molecule has 0 saturated heterocycles. The summed E-state index contributed by atoms with van der Waals surface area (Å²) in [5.74, 6) is 0. The van der Waals surface area contributed by atoms with Gasteiger partial charge in [-0.1, -0.05) is 0 Å². The van der Waals surface area contributed by atoms with Crippen molar-refractivity contribution < 1.29 is 0 Å². The average molecular weight is 72.1 g/mol. The first-order valence-electron chi connectivity index (χ1n) is 2.05. The quantitative estimate of drug-likeness (QED) is 0.454. The van der Waals surface area contributed by atoms with E-state index in [1.807, 2.05) is 13.8 Å². The first-order valence-corrected chi connectivity index (χ1v) is 2.05. The summed E-state index contributed by atoms with van der Waals surface area (Å²) in [4.78, 5) is 0. The van der Waals surface area contributed by atoms with Crippen molar-refractivity contribution in [3.05, 3.63) is 0 Å². The molecule has 0 atom stereocenters. The number of nitrogens with zero attached hydrogens (tertiary/aromatic N) is 1. The molecular weight excluding hydrogens is 62.1 g/mol. The molecule has 0 bridgehead atoms. The maximum atomic E-state index is 3.97. The van der Waals surface area contributed by atoms with E-state index in [1.165, 1.54) is 0 Å². The Morgan fingerprint density at radius 2 is 1.60 bits per heavy atom. The van der Waals surface area contributed by atoms with E-state index in [-0.39, 0.29) is 0 Å². The fraction of sp³-hybridized carbons (Fsp3) is 1.00. The molecule has 0 aromatic rings. The fourth-order valence-electron chi connectivity index (χ4n) is 0.224. The van der Waals surface area contributed by atoms with Crippen molar-refractivity contribution in [2.75, 3.05) is 13.1 Å². The van der Waals surface area contributed by atoms with Gasteiger partial charge in [0.05, 0.1) is 5.32 Å². The van der Waals surface area contributed by atoms with Crippen LogP contribution in [0, 0.1) is 0 Å². The highest BCUT2D eigenvalue weighted by molar-refractivity contribution is 4.26. The lowest BCUT2D eigenvalue weighted by Crippen LogP contribution is -1.99. The monoisotopic (exact) mass is 72.1 g/mol. The highest BCUT2D eigenvalue weighted by Crippen LogP contribution is 1.52. The van der Waals surface area contributed by atoms with Crippen LogP contribution in [-0.2, 0) is 0 Å². The zero-order valence-corrected chi connectivity index (χ0v) is 3.86. The van der Waals surface area contributed by atoms with E-state index in [1.54, 1.807) is 0 Å². The molecule has 0 aliphatic carbocycles. The van der Waals surface area contributed by atoms with Gasteiger partial charge >= 0.3 is 0 Å². The molecule has 0 heterocycles. The number of hydrogen-bond acceptors (Lipinski definition) is 0. The van der Waals surface area contributed by atoms with Crippen molar-refractivity contribution in [2.24, 2.45) is 0 Å². The van der Waals surface area contributed by atoms with Gasteiger partial charge in [0, 0.05) is 0 Å². The van der Waals surface area contributed by atoms with Crippen LogP contribution in [0.5, 0.6) is 0 Å². The zero-order chi connectivity index (χ0) is 4.12. The predicted octanol–water partition coefficient (Wildman–Crippen LogP) is 0.631. The molecule has 0 saturated carbocycles. The molecule has 0 N–H and O–H groups in total. The molecule has 0 aliphatic heterocycles. The van der Waals surface area contributed by atoms with Gasteiger partial charge in [-0.05, 0) is 13.8 Å². The Morgan fingerprint density at radius 3 is 1.60 bits per heavy atom. The molecule has 0 fully saturated rings. The van der Waals surface area contributed by atoms with Gasteiger partial charge in [0.2, 0.25) is 0 Å². The second kappa shape index (κ2) is 3.96. The second-order valence-electron chi connectivity index (χ2n) is 0.856. The SMILES string of the molecule is CC[N+]CC. The largest absolute Gasteiger partial charge is 0.181 e. The molecule has 0 spiro atoms. The molecule has 0 aliphatic rings. The van der Waals surface area contributed by atoms with Gasteiger partial charge in [0.15, 0.2) is 13.1 Å². The summed E-state index contributed by atoms with van der Waals surface area (Å²) in [5, 5.41) is 3.97. The Morgan fingerprint density at radius 1 is 1.20 bits per heavy atom. The first-order chi connectivity index (χ1) is 2.41. The van der Waals surface area contributed by atoms with Crippen LogP contribution in [0.3, 0.4) is 0 Å². The van der Waals surface area contributed by atoms with E-state index in [0.29, 0.717) is 0 Å².